The quantitative estimate of drug-likeness (QED) is 0.751. The second-order valence-electron chi connectivity index (χ2n) is 5.23. The average molecular weight is 253 g/mol. The van der Waals surface area contributed by atoms with Crippen molar-refractivity contribution in [3.8, 4) is 5.75 Å². The van der Waals surface area contributed by atoms with Gasteiger partial charge >= 0.3 is 0 Å². The van der Waals surface area contributed by atoms with Crippen LogP contribution in [0.4, 0.5) is 4.39 Å². The predicted molar refractivity (Wildman–Crippen MR) is 73.8 cm³/mol. The van der Waals surface area contributed by atoms with E-state index in [1.165, 1.54) is 7.11 Å². The van der Waals surface area contributed by atoms with Gasteiger partial charge in [0.05, 0.1) is 7.11 Å². The molecule has 0 radical (unpaired) electrons. The Bertz CT molecular complexity index is 377. The van der Waals surface area contributed by atoms with Crippen LogP contribution >= 0.6 is 0 Å². The molecule has 3 heteroatoms. The molecule has 0 fully saturated rings. The van der Waals surface area contributed by atoms with Gasteiger partial charge in [-0.1, -0.05) is 26.8 Å². The van der Waals surface area contributed by atoms with E-state index in [1.807, 2.05) is 6.07 Å². The smallest absolute Gasteiger partial charge is 0.165 e. The van der Waals surface area contributed by atoms with E-state index in [2.05, 4.69) is 26.1 Å². The molecule has 1 aromatic rings. The van der Waals surface area contributed by atoms with Crippen LogP contribution in [0.2, 0.25) is 0 Å². The van der Waals surface area contributed by atoms with E-state index in [4.69, 9.17) is 4.74 Å². The molecule has 1 rings (SSSR count). The summed E-state index contributed by atoms with van der Waals surface area (Å²) in [7, 11) is 1.48. The Labute approximate surface area is 110 Å². The zero-order chi connectivity index (χ0) is 13.6. The summed E-state index contributed by atoms with van der Waals surface area (Å²) < 4.78 is 18.6. The lowest BCUT2D eigenvalue weighted by atomic mass is 9.81. The first-order valence-corrected chi connectivity index (χ1v) is 6.56. The van der Waals surface area contributed by atoms with E-state index in [-0.39, 0.29) is 11.2 Å². The van der Waals surface area contributed by atoms with Crippen LogP contribution in [-0.2, 0) is 5.41 Å². The Kier molecular flexibility index (Phi) is 5.60. The van der Waals surface area contributed by atoms with E-state index in [0.29, 0.717) is 5.75 Å². The Morgan fingerprint density at radius 1 is 1.28 bits per heavy atom. The molecule has 0 atom stereocenters. The lowest BCUT2D eigenvalue weighted by molar-refractivity contribution is 0.383. The predicted octanol–water partition coefficient (Wildman–Crippen LogP) is 3.50. The lowest BCUT2D eigenvalue weighted by Crippen LogP contribution is -2.26. The van der Waals surface area contributed by atoms with Crippen LogP contribution in [0.5, 0.6) is 5.75 Å². The van der Waals surface area contributed by atoms with Crippen molar-refractivity contribution < 1.29 is 9.13 Å². The first kappa shape index (κ1) is 15.0. The molecule has 18 heavy (non-hydrogen) atoms. The topological polar surface area (TPSA) is 21.3 Å². The number of nitrogens with one attached hydrogen (secondary N) is 1. The van der Waals surface area contributed by atoms with Crippen molar-refractivity contribution in [3.63, 3.8) is 0 Å². The largest absolute Gasteiger partial charge is 0.494 e. The summed E-state index contributed by atoms with van der Waals surface area (Å²) in [6.45, 7) is 8.42. The second kappa shape index (κ2) is 6.74. The summed E-state index contributed by atoms with van der Waals surface area (Å²) in [6, 6.07) is 5.23. The van der Waals surface area contributed by atoms with Crippen LogP contribution in [0.3, 0.4) is 0 Å². The van der Waals surface area contributed by atoms with Crippen molar-refractivity contribution in [2.45, 2.75) is 39.0 Å². The molecule has 0 heterocycles. The van der Waals surface area contributed by atoms with Gasteiger partial charge in [0.25, 0.3) is 0 Å². The number of halogens is 1. The third kappa shape index (κ3) is 3.98. The van der Waals surface area contributed by atoms with Crippen LogP contribution in [0.15, 0.2) is 18.2 Å². The van der Waals surface area contributed by atoms with Crippen molar-refractivity contribution in [2.75, 3.05) is 20.2 Å². The van der Waals surface area contributed by atoms with Gasteiger partial charge in [-0.3, -0.25) is 0 Å². The molecule has 0 saturated heterocycles. The van der Waals surface area contributed by atoms with Crippen molar-refractivity contribution in [2.24, 2.45) is 0 Å². The fraction of sp³-hybridized carbons (Fsp3) is 0.600. The van der Waals surface area contributed by atoms with Gasteiger partial charge in [0.15, 0.2) is 11.6 Å². The highest BCUT2D eigenvalue weighted by Crippen LogP contribution is 2.29. The van der Waals surface area contributed by atoms with Gasteiger partial charge in [-0.05, 0) is 49.0 Å². The Balaban J connectivity index is 2.69. The second-order valence-corrected chi connectivity index (χ2v) is 5.23. The average Bonchev–Trinajstić information content (AvgIpc) is 2.34. The van der Waals surface area contributed by atoms with Gasteiger partial charge < -0.3 is 10.1 Å². The van der Waals surface area contributed by atoms with Gasteiger partial charge in [0.2, 0.25) is 0 Å². The molecule has 0 aliphatic heterocycles. The number of rotatable bonds is 7. The first-order valence-electron chi connectivity index (χ1n) is 6.56. The summed E-state index contributed by atoms with van der Waals surface area (Å²) in [4.78, 5) is 0. The molecule has 0 bridgehead atoms. The van der Waals surface area contributed by atoms with Gasteiger partial charge in [0.1, 0.15) is 0 Å². The summed E-state index contributed by atoms with van der Waals surface area (Å²) in [6.07, 6.45) is 2.12. The molecule has 102 valence electrons. The first-order chi connectivity index (χ1) is 8.51. The molecule has 0 aliphatic rings. The minimum atomic E-state index is -0.287. The Morgan fingerprint density at radius 3 is 2.56 bits per heavy atom. The van der Waals surface area contributed by atoms with Crippen LogP contribution in [0.25, 0.3) is 0 Å². The van der Waals surface area contributed by atoms with Gasteiger partial charge in [0, 0.05) is 0 Å². The summed E-state index contributed by atoms with van der Waals surface area (Å²) >= 11 is 0. The standard InChI is InChI=1S/C15H24FNO/c1-5-9-17-10-8-15(2,3)12-6-7-14(18-4)13(16)11-12/h6-7,11,17H,5,8-10H2,1-4H3. The number of hydrogen-bond acceptors (Lipinski definition) is 2. The van der Waals surface area contributed by atoms with Crippen LogP contribution in [-0.4, -0.2) is 20.2 Å². The van der Waals surface area contributed by atoms with Crippen molar-refractivity contribution in [3.05, 3.63) is 29.6 Å². The SMILES string of the molecule is CCCNCCC(C)(C)c1ccc(OC)c(F)c1. The van der Waals surface area contributed by atoms with Crippen molar-refractivity contribution >= 4 is 0 Å². The minimum Gasteiger partial charge on any atom is -0.494 e. The van der Waals surface area contributed by atoms with E-state index in [0.717, 1.165) is 31.5 Å². The number of ether oxygens (including phenoxy) is 1. The molecular formula is C15H24FNO. The maximum absolute atomic E-state index is 13.7. The lowest BCUT2D eigenvalue weighted by Gasteiger charge is -2.26. The monoisotopic (exact) mass is 253 g/mol. The van der Waals surface area contributed by atoms with Crippen LogP contribution in [0, 0.1) is 5.82 Å². The molecular weight excluding hydrogens is 229 g/mol. The van der Waals surface area contributed by atoms with Gasteiger partial charge in [-0.15, -0.1) is 0 Å². The summed E-state index contributed by atoms with van der Waals surface area (Å²) in [5.74, 6) is 0.0169. The summed E-state index contributed by atoms with van der Waals surface area (Å²) in [5, 5.41) is 3.38. The molecule has 2 nitrogen and oxygen atoms in total. The van der Waals surface area contributed by atoms with Crippen molar-refractivity contribution in [1.82, 2.24) is 5.32 Å². The van der Waals surface area contributed by atoms with Gasteiger partial charge in [-0.25, -0.2) is 4.39 Å². The van der Waals surface area contributed by atoms with E-state index in [9.17, 15) is 4.39 Å². The third-order valence-electron chi connectivity index (χ3n) is 3.29. The van der Waals surface area contributed by atoms with E-state index >= 15 is 0 Å². The third-order valence-corrected chi connectivity index (χ3v) is 3.29. The normalized spacial score (nSPS) is 11.6. The fourth-order valence-corrected chi connectivity index (χ4v) is 1.93. The number of benzene rings is 1. The molecule has 0 amide bonds. The minimum absolute atomic E-state index is 0.0339. The molecule has 0 aromatic heterocycles. The van der Waals surface area contributed by atoms with Crippen LogP contribution in [0.1, 0.15) is 39.2 Å². The molecule has 1 N–H and O–H groups in total. The van der Waals surface area contributed by atoms with Crippen LogP contribution < -0.4 is 10.1 Å². The van der Waals surface area contributed by atoms with Gasteiger partial charge in [-0.2, -0.15) is 0 Å². The molecule has 1 aromatic carbocycles. The Morgan fingerprint density at radius 2 is 2.00 bits per heavy atom. The number of methoxy groups -OCH3 is 1. The molecule has 0 saturated carbocycles. The molecule has 0 spiro atoms. The highest BCUT2D eigenvalue weighted by molar-refractivity contribution is 5.33. The maximum Gasteiger partial charge on any atom is 0.165 e. The van der Waals surface area contributed by atoms with E-state index < -0.39 is 0 Å². The zero-order valence-electron chi connectivity index (χ0n) is 11.8. The number of hydrogen-bond donors (Lipinski definition) is 1. The molecule has 0 unspecified atom stereocenters. The van der Waals surface area contributed by atoms with Crippen molar-refractivity contribution in [1.29, 1.82) is 0 Å². The highest BCUT2D eigenvalue weighted by Gasteiger charge is 2.21. The molecule has 0 aliphatic carbocycles. The highest BCUT2D eigenvalue weighted by atomic mass is 19.1. The Hall–Kier alpha value is -1.09. The maximum atomic E-state index is 13.7. The summed E-state index contributed by atoms with van der Waals surface area (Å²) in [5.41, 5.74) is 0.979. The fourth-order valence-electron chi connectivity index (χ4n) is 1.93. The van der Waals surface area contributed by atoms with E-state index in [1.54, 1.807) is 12.1 Å². The zero-order valence-corrected chi connectivity index (χ0v) is 11.8.